The van der Waals surface area contributed by atoms with E-state index in [-0.39, 0.29) is 11.9 Å². The molecule has 0 spiro atoms. The Balaban J connectivity index is 2.45. The van der Waals surface area contributed by atoms with Crippen molar-refractivity contribution in [3.63, 3.8) is 0 Å². The van der Waals surface area contributed by atoms with Gasteiger partial charge in [0.25, 0.3) is 0 Å². The fourth-order valence-corrected chi connectivity index (χ4v) is 2.46. The summed E-state index contributed by atoms with van der Waals surface area (Å²) in [4.78, 5) is 12.0. The molecule has 1 aromatic rings. The molecular formula is C15H18O2. The Labute approximate surface area is 102 Å². The summed E-state index contributed by atoms with van der Waals surface area (Å²) in [6.45, 7) is 7.93. The molecule has 2 heteroatoms. The zero-order valence-corrected chi connectivity index (χ0v) is 10.6. The SMILES string of the molecule is C=C[C@H]1C[C@]1(C(=O)OC)c1ccc(C)c(C)c1. The molecule has 0 aromatic heterocycles. The number of carbonyl (C=O) groups is 1. The molecule has 2 rings (SSSR count). The number of ether oxygens (including phenoxy) is 1. The van der Waals surface area contributed by atoms with Crippen molar-refractivity contribution in [1.29, 1.82) is 0 Å². The minimum atomic E-state index is -0.477. The summed E-state index contributed by atoms with van der Waals surface area (Å²) in [7, 11) is 1.45. The molecule has 2 nitrogen and oxygen atoms in total. The number of aryl methyl sites for hydroxylation is 2. The largest absolute Gasteiger partial charge is 0.468 e. The molecule has 0 heterocycles. The van der Waals surface area contributed by atoms with Gasteiger partial charge in [-0.15, -0.1) is 6.58 Å². The number of methoxy groups -OCH3 is 1. The van der Waals surface area contributed by atoms with Crippen LogP contribution in [0, 0.1) is 19.8 Å². The maximum absolute atomic E-state index is 12.0. The molecule has 1 aliphatic carbocycles. The van der Waals surface area contributed by atoms with Gasteiger partial charge in [-0.05, 0) is 42.9 Å². The van der Waals surface area contributed by atoms with Crippen LogP contribution >= 0.6 is 0 Å². The average Bonchev–Trinajstić information content (AvgIpc) is 3.07. The minimum absolute atomic E-state index is 0.148. The first-order chi connectivity index (χ1) is 8.06. The van der Waals surface area contributed by atoms with Gasteiger partial charge in [-0.1, -0.05) is 24.3 Å². The smallest absolute Gasteiger partial charge is 0.316 e. The molecule has 1 aliphatic rings. The molecule has 0 bridgehead atoms. The minimum Gasteiger partial charge on any atom is -0.468 e. The molecule has 2 atom stereocenters. The monoisotopic (exact) mass is 230 g/mol. The van der Waals surface area contributed by atoms with E-state index in [1.54, 1.807) is 0 Å². The zero-order valence-electron chi connectivity index (χ0n) is 10.6. The Morgan fingerprint density at radius 3 is 2.65 bits per heavy atom. The maximum Gasteiger partial charge on any atom is 0.316 e. The van der Waals surface area contributed by atoms with Crippen molar-refractivity contribution in [2.45, 2.75) is 25.7 Å². The van der Waals surface area contributed by atoms with Crippen LogP contribution in [0.3, 0.4) is 0 Å². The van der Waals surface area contributed by atoms with Crippen LogP contribution < -0.4 is 0 Å². The van der Waals surface area contributed by atoms with Crippen LogP contribution in [-0.2, 0) is 14.9 Å². The van der Waals surface area contributed by atoms with E-state index in [0.29, 0.717) is 0 Å². The molecule has 0 amide bonds. The van der Waals surface area contributed by atoms with Gasteiger partial charge in [0.05, 0.1) is 12.5 Å². The summed E-state index contributed by atoms with van der Waals surface area (Å²) in [5.41, 5.74) is 3.03. The van der Waals surface area contributed by atoms with Crippen LogP contribution in [0.1, 0.15) is 23.1 Å². The number of rotatable bonds is 3. The van der Waals surface area contributed by atoms with E-state index in [4.69, 9.17) is 4.74 Å². The first-order valence-corrected chi connectivity index (χ1v) is 5.85. The van der Waals surface area contributed by atoms with Crippen molar-refractivity contribution in [3.05, 3.63) is 47.5 Å². The van der Waals surface area contributed by atoms with Crippen LogP contribution in [0.15, 0.2) is 30.9 Å². The number of hydrogen-bond acceptors (Lipinski definition) is 2. The van der Waals surface area contributed by atoms with E-state index < -0.39 is 5.41 Å². The normalized spacial score (nSPS) is 26.4. The van der Waals surface area contributed by atoms with Gasteiger partial charge in [-0.25, -0.2) is 0 Å². The van der Waals surface area contributed by atoms with Crippen LogP contribution in [-0.4, -0.2) is 13.1 Å². The third-order valence-corrected chi connectivity index (χ3v) is 3.87. The van der Waals surface area contributed by atoms with E-state index in [1.165, 1.54) is 18.2 Å². The topological polar surface area (TPSA) is 26.3 Å². The summed E-state index contributed by atoms with van der Waals surface area (Å²) in [6, 6.07) is 6.19. The molecule has 0 N–H and O–H groups in total. The fraction of sp³-hybridized carbons (Fsp3) is 0.400. The first-order valence-electron chi connectivity index (χ1n) is 5.85. The van der Waals surface area contributed by atoms with Crippen LogP contribution in [0.25, 0.3) is 0 Å². The molecule has 0 saturated heterocycles. The van der Waals surface area contributed by atoms with Crippen molar-refractivity contribution in [1.82, 2.24) is 0 Å². The lowest BCUT2D eigenvalue weighted by atomic mass is 9.90. The van der Waals surface area contributed by atoms with Gasteiger partial charge >= 0.3 is 5.97 Å². The molecule has 1 saturated carbocycles. The Kier molecular flexibility index (Phi) is 2.82. The number of benzene rings is 1. The Hall–Kier alpha value is -1.57. The van der Waals surface area contributed by atoms with Crippen molar-refractivity contribution in [2.24, 2.45) is 5.92 Å². The maximum atomic E-state index is 12.0. The van der Waals surface area contributed by atoms with Gasteiger partial charge in [0, 0.05) is 0 Å². The molecule has 17 heavy (non-hydrogen) atoms. The molecular weight excluding hydrogens is 212 g/mol. The molecule has 1 aromatic carbocycles. The second-order valence-electron chi connectivity index (χ2n) is 4.81. The van der Waals surface area contributed by atoms with Crippen molar-refractivity contribution in [2.75, 3.05) is 7.11 Å². The standard InChI is InChI=1S/C15H18O2/c1-5-12-9-15(12,14(16)17-4)13-7-6-10(2)11(3)8-13/h5-8,12H,1,9H2,2-4H3/t12-,15+/m0/s1. The highest BCUT2D eigenvalue weighted by Crippen LogP contribution is 2.55. The first kappa shape index (κ1) is 11.9. The van der Waals surface area contributed by atoms with E-state index in [1.807, 2.05) is 12.1 Å². The lowest BCUT2D eigenvalue weighted by Crippen LogP contribution is -2.24. The highest BCUT2D eigenvalue weighted by atomic mass is 16.5. The third-order valence-electron chi connectivity index (χ3n) is 3.87. The quantitative estimate of drug-likeness (QED) is 0.589. The Morgan fingerprint density at radius 2 is 2.18 bits per heavy atom. The van der Waals surface area contributed by atoms with E-state index in [9.17, 15) is 4.79 Å². The highest BCUT2D eigenvalue weighted by molar-refractivity contribution is 5.88. The van der Waals surface area contributed by atoms with Gasteiger partial charge in [0.1, 0.15) is 0 Å². The summed E-state index contributed by atoms with van der Waals surface area (Å²) < 4.78 is 4.95. The van der Waals surface area contributed by atoms with Crippen molar-refractivity contribution < 1.29 is 9.53 Å². The van der Waals surface area contributed by atoms with Crippen molar-refractivity contribution >= 4 is 5.97 Å². The second-order valence-corrected chi connectivity index (χ2v) is 4.81. The molecule has 0 aliphatic heterocycles. The van der Waals surface area contributed by atoms with E-state index in [0.717, 1.165) is 12.0 Å². The van der Waals surface area contributed by atoms with Crippen LogP contribution in [0.2, 0.25) is 0 Å². The second kappa shape index (κ2) is 4.02. The van der Waals surface area contributed by atoms with Gasteiger partial charge in [-0.3, -0.25) is 4.79 Å². The number of allylic oxidation sites excluding steroid dienone is 1. The molecule has 90 valence electrons. The summed E-state index contributed by atoms with van der Waals surface area (Å²) in [5.74, 6) is 0.0581. The van der Waals surface area contributed by atoms with Crippen LogP contribution in [0.4, 0.5) is 0 Å². The van der Waals surface area contributed by atoms with Gasteiger partial charge in [0.2, 0.25) is 0 Å². The highest BCUT2D eigenvalue weighted by Gasteiger charge is 2.60. The van der Waals surface area contributed by atoms with Gasteiger partial charge in [0.15, 0.2) is 0 Å². The Morgan fingerprint density at radius 1 is 1.47 bits per heavy atom. The number of carbonyl (C=O) groups excluding carboxylic acids is 1. The van der Waals surface area contributed by atoms with E-state index >= 15 is 0 Å². The predicted octanol–water partition coefficient (Wildman–Crippen LogP) is 2.92. The molecule has 0 unspecified atom stereocenters. The summed E-state index contributed by atoms with van der Waals surface area (Å²) >= 11 is 0. The lowest BCUT2D eigenvalue weighted by molar-refractivity contribution is -0.144. The molecule has 0 radical (unpaired) electrons. The third kappa shape index (κ3) is 1.68. The predicted molar refractivity (Wildman–Crippen MR) is 67.9 cm³/mol. The number of hydrogen-bond donors (Lipinski definition) is 0. The zero-order chi connectivity index (χ0) is 12.6. The Bertz CT molecular complexity index is 476. The number of esters is 1. The fourth-order valence-electron chi connectivity index (χ4n) is 2.46. The average molecular weight is 230 g/mol. The van der Waals surface area contributed by atoms with Crippen LogP contribution in [0.5, 0.6) is 0 Å². The van der Waals surface area contributed by atoms with E-state index in [2.05, 4.69) is 32.6 Å². The summed E-state index contributed by atoms with van der Waals surface area (Å²) in [5, 5.41) is 0. The van der Waals surface area contributed by atoms with Gasteiger partial charge in [-0.2, -0.15) is 0 Å². The lowest BCUT2D eigenvalue weighted by Gasteiger charge is -2.16. The van der Waals surface area contributed by atoms with Crippen molar-refractivity contribution in [3.8, 4) is 0 Å². The summed E-state index contributed by atoms with van der Waals surface area (Å²) in [6.07, 6.45) is 2.66. The van der Waals surface area contributed by atoms with Gasteiger partial charge < -0.3 is 4.74 Å². The molecule has 1 fully saturated rings.